The van der Waals surface area contributed by atoms with Crippen molar-refractivity contribution in [3.05, 3.63) is 41.1 Å². The maximum absolute atomic E-state index is 9.24. The monoisotopic (exact) mass is 414 g/mol. The topological polar surface area (TPSA) is 84.1 Å². The molecule has 3 aliphatic heterocycles. The number of hydrogen-bond acceptors (Lipinski definition) is 8. The second kappa shape index (κ2) is 7.92. The van der Waals surface area contributed by atoms with Gasteiger partial charge >= 0.3 is 0 Å². The Labute approximate surface area is 176 Å². The van der Waals surface area contributed by atoms with E-state index in [1.807, 2.05) is 18.3 Å². The summed E-state index contributed by atoms with van der Waals surface area (Å²) in [4.78, 5) is 14.4. The van der Waals surface area contributed by atoms with Gasteiger partial charge in [-0.3, -0.25) is 4.90 Å². The highest BCUT2D eigenvalue weighted by molar-refractivity contribution is 5.39. The van der Waals surface area contributed by atoms with Crippen LogP contribution in [0.3, 0.4) is 0 Å². The first-order valence-electron chi connectivity index (χ1n) is 10.8. The van der Waals surface area contributed by atoms with Crippen LogP contribution in [0.2, 0.25) is 0 Å². The van der Waals surface area contributed by atoms with Gasteiger partial charge < -0.3 is 23.9 Å². The third-order valence-corrected chi connectivity index (χ3v) is 6.38. The van der Waals surface area contributed by atoms with Gasteiger partial charge in [0, 0.05) is 31.4 Å². The van der Waals surface area contributed by atoms with Crippen LogP contribution in [0.25, 0.3) is 0 Å². The molecule has 0 aliphatic carbocycles. The number of nitrogens with zero attached hydrogens (tertiary/aromatic N) is 4. The number of likely N-dealkylation sites (tertiary alicyclic amines) is 1. The molecule has 3 atom stereocenters. The maximum Gasteiger partial charge on any atom is 0.225 e. The number of hydrogen-bond donors (Lipinski definition) is 1. The van der Waals surface area contributed by atoms with Gasteiger partial charge in [0.2, 0.25) is 5.95 Å². The lowest BCUT2D eigenvalue weighted by molar-refractivity contribution is -0.00584. The number of furan rings is 1. The van der Waals surface area contributed by atoms with Crippen LogP contribution >= 0.6 is 0 Å². The highest BCUT2D eigenvalue weighted by atomic mass is 16.5. The fourth-order valence-electron chi connectivity index (χ4n) is 5.10. The van der Waals surface area contributed by atoms with E-state index in [4.69, 9.17) is 18.9 Å². The molecule has 0 amide bonds. The molecule has 2 fully saturated rings. The van der Waals surface area contributed by atoms with Crippen LogP contribution in [0, 0.1) is 0 Å². The van der Waals surface area contributed by atoms with E-state index in [1.54, 1.807) is 0 Å². The average Bonchev–Trinajstić information content (AvgIpc) is 3.35. The second-order valence-electron chi connectivity index (χ2n) is 8.97. The van der Waals surface area contributed by atoms with Crippen LogP contribution in [0.5, 0.6) is 0 Å². The molecule has 1 N–H and O–H groups in total. The SMILES string of the molecule is CC1CN(c2ncc3c(n2)C2(CCN(Cc4ccc(CO)o4)C2)COC3)CC(C)O1. The summed E-state index contributed by atoms with van der Waals surface area (Å²) in [6.45, 7) is 9.58. The van der Waals surface area contributed by atoms with Crippen molar-refractivity contribution < 1.29 is 19.0 Å². The molecule has 0 radical (unpaired) electrons. The summed E-state index contributed by atoms with van der Waals surface area (Å²) >= 11 is 0. The number of morpholine rings is 1. The molecule has 2 aromatic heterocycles. The maximum atomic E-state index is 9.24. The Morgan fingerprint density at radius 2 is 2.00 bits per heavy atom. The van der Waals surface area contributed by atoms with Crippen molar-refractivity contribution in [2.75, 3.05) is 37.7 Å². The Bertz CT molecular complexity index is 893. The predicted octanol–water partition coefficient (Wildman–Crippen LogP) is 1.85. The number of ether oxygens (including phenoxy) is 2. The molecule has 5 heterocycles. The van der Waals surface area contributed by atoms with Crippen molar-refractivity contribution in [2.45, 2.75) is 57.6 Å². The van der Waals surface area contributed by atoms with Crippen molar-refractivity contribution in [2.24, 2.45) is 0 Å². The molecular formula is C22H30N4O4. The molecule has 30 heavy (non-hydrogen) atoms. The molecule has 5 rings (SSSR count). The molecule has 3 aliphatic rings. The van der Waals surface area contributed by atoms with Crippen molar-refractivity contribution in [3.63, 3.8) is 0 Å². The van der Waals surface area contributed by atoms with E-state index in [9.17, 15) is 5.11 Å². The van der Waals surface area contributed by atoms with Crippen LogP contribution in [-0.2, 0) is 34.6 Å². The Morgan fingerprint density at radius 1 is 1.20 bits per heavy atom. The van der Waals surface area contributed by atoms with Gasteiger partial charge in [-0.25, -0.2) is 9.97 Å². The van der Waals surface area contributed by atoms with Crippen molar-refractivity contribution in [3.8, 4) is 0 Å². The molecule has 8 nitrogen and oxygen atoms in total. The van der Waals surface area contributed by atoms with E-state index in [-0.39, 0.29) is 24.2 Å². The zero-order valence-corrected chi connectivity index (χ0v) is 17.7. The van der Waals surface area contributed by atoms with Crippen LogP contribution < -0.4 is 4.90 Å². The Kier molecular flexibility index (Phi) is 5.26. The number of aliphatic hydroxyl groups excluding tert-OH is 1. The average molecular weight is 415 g/mol. The van der Waals surface area contributed by atoms with E-state index in [1.165, 1.54) is 0 Å². The van der Waals surface area contributed by atoms with Gasteiger partial charge in [0.1, 0.15) is 18.1 Å². The minimum Gasteiger partial charge on any atom is -0.462 e. The highest BCUT2D eigenvalue weighted by Crippen LogP contribution is 2.40. The van der Waals surface area contributed by atoms with Gasteiger partial charge in [0.25, 0.3) is 0 Å². The van der Waals surface area contributed by atoms with Gasteiger partial charge in [-0.2, -0.15) is 0 Å². The third kappa shape index (κ3) is 3.73. The number of rotatable bonds is 4. The first-order chi connectivity index (χ1) is 14.5. The van der Waals surface area contributed by atoms with Gasteiger partial charge in [0.05, 0.1) is 43.1 Å². The lowest BCUT2D eigenvalue weighted by atomic mass is 9.80. The summed E-state index contributed by atoms with van der Waals surface area (Å²) in [7, 11) is 0. The zero-order chi connectivity index (χ0) is 20.7. The smallest absolute Gasteiger partial charge is 0.225 e. The summed E-state index contributed by atoms with van der Waals surface area (Å²) in [6, 6.07) is 3.78. The Balaban J connectivity index is 1.37. The van der Waals surface area contributed by atoms with Gasteiger partial charge in [-0.1, -0.05) is 0 Å². The van der Waals surface area contributed by atoms with Crippen molar-refractivity contribution in [1.82, 2.24) is 14.9 Å². The number of aliphatic hydroxyl groups is 1. The summed E-state index contributed by atoms with van der Waals surface area (Å²) in [5, 5.41) is 9.24. The van der Waals surface area contributed by atoms with Crippen LogP contribution in [0.4, 0.5) is 5.95 Å². The quantitative estimate of drug-likeness (QED) is 0.812. The first kappa shape index (κ1) is 19.9. The zero-order valence-electron chi connectivity index (χ0n) is 17.7. The number of fused-ring (bicyclic) bond motifs is 2. The third-order valence-electron chi connectivity index (χ3n) is 6.38. The highest BCUT2D eigenvalue weighted by Gasteiger charge is 2.45. The van der Waals surface area contributed by atoms with Crippen LogP contribution in [0.1, 0.15) is 43.0 Å². The summed E-state index contributed by atoms with van der Waals surface area (Å²) in [5.41, 5.74) is 2.13. The molecule has 0 aromatic carbocycles. The molecule has 0 saturated carbocycles. The predicted molar refractivity (Wildman–Crippen MR) is 110 cm³/mol. The molecule has 2 aromatic rings. The molecule has 8 heteroatoms. The van der Waals surface area contributed by atoms with Crippen molar-refractivity contribution >= 4 is 5.95 Å². The summed E-state index contributed by atoms with van der Waals surface area (Å²) in [5.74, 6) is 2.29. The normalized spacial score (nSPS) is 29.5. The number of aromatic nitrogens is 2. The van der Waals surface area contributed by atoms with Gasteiger partial charge in [-0.15, -0.1) is 0 Å². The molecular weight excluding hydrogens is 384 g/mol. The van der Waals surface area contributed by atoms with E-state index in [0.29, 0.717) is 19.0 Å². The van der Waals surface area contributed by atoms with E-state index in [0.717, 1.165) is 62.1 Å². The van der Waals surface area contributed by atoms with Crippen LogP contribution in [-0.4, -0.2) is 65.0 Å². The van der Waals surface area contributed by atoms with Gasteiger partial charge in [-0.05, 0) is 38.9 Å². The lowest BCUT2D eigenvalue weighted by Crippen LogP contribution is -2.47. The molecule has 162 valence electrons. The summed E-state index contributed by atoms with van der Waals surface area (Å²) in [6.07, 6.45) is 3.29. The van der Waals surface area contributed by atoms with Crippen LogP contribution in [0.15, 0.2) is 22.7 Å². The van der Waals surface area contributed by atoms with Crippen molar-refractivity contribution in [1.29, 1.82) is 0 Å². The van der Waals surface area contributed by atoms with Gasteiger partial charge in [0.15, 0.2) is 0 Å². The largest absolute Gasteiger partial charge is 0.462 e. The molecule has 1 spiro atoms. The fourth-order valence-corrected chi connectivity index (χ4v) is 5.10. The lowest BCUT2D eigenvalue weighted by Gasteiger charge is -2.38. The second-order valence-corrected chi connectivity index (χ2v) is 8.97. The molecule has 3 unspecified atom stereocenters. The Hall–Kier alpha value is -2.00. The minimum atomic E-state index is -0.110. The fraction of sp³-hybridized carbons (Fsp3) is 0.636. The van der Waals surface area contributed by atoms with E-state index >= 15 is 0 Å². The minimum absolute atomic E-state index is 0.0658. The van der Waals surface area contributed by atoms with E-state index < -0.39 is 0 Å². The Morgan fingerprint density at radius 3 is 2.77 bits per heavy atom. The molecule has 0 bridgehead atoms. The van der Waals surface area contributed by atoms with E-state index in [2.05, 4.69) is 28.6 Å². The first-order valence-corrected chi connectivity index (χ1v) is 10.8. The standard InChI is InChI=1S/C22H30N4O4/c1-15-8-26(9-16(2)29-15)21-23-7-17-12-28-14-22(20(17)24-21)5-6-25(13-22)10-18-3-4-19(11-27)30-18/h3-4,7,15-16,27H,5-6,8-14H2,1-2H3. The molecule has 2 saturated heterocycles. The number of anilines is 1. The summed E-state index contributed by atoms with van der Waals surface area (Å²) < 4.78 is 17.5.